The standard InChI is InChI=1S/C8H18O7/c9-7(10,11)3-1-5-15-6-2-4-8(12,13)14/h9-14H,1-6H2. The van der Waals surface area contributed by atoms with E-state index in [-0.39, 0.29) is 38.9 Å². The fourth-order valence-electron chi connectivity index (χ4n) is 0.925. The van der Waals surface area contributed by atoms with Crippen molar-refractivity contribution in [2.45, 2.75) is 37.6 Å². The highest BCUT2D eigenvalue weighted by Gasteiger charge is 2.18. The average Bonchev–Trinajstić information content (AvgIpc) is 1.98. The molecular weight excluding hydrogens is 208 g/mol. The molecule has 0 saturated carbocycles. The minimum atomic E-state index is -2.67. The van der Waals surface area contributed by atoms with Gasteiger partial charge in [-0.2, -0.15) is 0 Å². The Bertz CT molecular complexity index is 139. The summed E-state index contributed by atoms with van der Waals surface area (Å²) in [4.78, 5) is 0. The van der Waals surface area contributed by atoms with Crippen LogP contribution in [0.15, 0.2) is 0 Å². The molecule has 0 aromatic heterocycles. The van der Waals surface area contributed by atoms with Crippen molar-refractivity contribution < 1.29 is 35.4 Å². The number of ether oxygens (including phenoxy) is 1. The molecule has 0 spiro atoms. The minimum absolute atomic E-state index is 0.207. The monoisotopic (exact) mass is 226 g/mol. The van der Waals surface area contributed by atoms with Crippen molar-refractivity contribution in [1.29, 1.82) is 0 Å². The molecule has 0 aliphatic rings. The quantitative estimate of drug-likeness (QED) is 0.205. The van der Waals surface area contributed by atoms with Crippen molar-refractivity contribution in [3.05, 3.63) is 0 Å². The molecule has 92 valence electrons. The summed E-state index contributed by atoms with van der Waals surface area (Å²) in [6.07, 6.45) is 0.0614. The second kappa shape index (κ2) is 6.33. The molecule has 6 N–H and O–H groups in total. The first-order valence-electron chi connectivity index (χ1n) is 4.63. The molecule has 0 amide bonds. The van der Waals surface area contributed by atoms with Crippen molar-refractivity contribution in [2.24, 2.45) is 0 Å². The van der Waals surface area contributed by atoms with Gasteiger partial charge in [-0.25, -0.2) is 0 Å². The van der Waals surface area contributed by atoms with Gasteiger partial charge in [0.05, 0.1) is 0 Å². The van der Waals surface area contributed by atoms with Gasteiger partial charge in [0.25, 0.3) is 11.9 Å². The SMILES string of the molecule is OC(O)(O)CCCOCCCC(O)(O)O. The van der Waals surface area contributed by atoms with Gasteiger partial charge in [-0.3, -0.25) is 0 Å². The Morgan fingerprint density at radius 2 is 1.00 bits per heavy atom. The van der Waals surface area contributed by atoms with Crippen LogP contribution in [0.4, 0.5) is 0 Å². The number of rotatable bonds is 8. The molecule has 0 aliphatic heterocycles. The Morgan fingerprint density at radius 3 is 1.27 bits per heavy atom. The van der Waals surface area contributed by atoms with Gasteiger partial charge in [0, 0.05) is 26.1 Å². The minimum Gasteiger partial charge on any atom is -0.381 e. The lowest BCUT2D eigenvalue weighted by molar-refractivity contribution is -0.315. The lowest BCUT2D eigenvalue weighted by Gasteiger charge is -2.14. The fraction of sp³-hybridized carbons (Fsp3) is 1.00. The molecule has 0 saturated heterocycles. The molecule has 0 bridgehead atoms. The smallest absolute Gasteiger partial charge is 0.275 e. The zero-order valence-electron chi connectivity index (χ0n) is 8.33. The normalized spacial score (nSPS) is 13.2. The fourth-order valence-corrected chi connectivity index (χ4v) is 0.925. The van der Waals surface area contributed by atoms with Crippen LogP contribution in [0.25, 0.3) is 0 Å². The van der Waals surface area contributed by atoms with Gasteiger partial charge in [0.2, 0.25) is 0 Å². The van der Waals surface area contributed by atoms with E-state index < -0.39 is 11.9 Å². The Balaban J connectivity index is 3.20. The van der Waals surface area contributed by atoms with E-state index in [1.807, 2.05) is 0 Å². The third-order valence-corrected chi connectivity index (χ3v) is 1.60. The Kier molecular flexibility index (Phi) is 6.22. The van der Waals surface area contributed by atoms with Gasteiger partial charge in [-0.1, -0.05) is 0 Å². The van der Waals surface area contributed by atoms with E-state index in [0.29, 0.717) is 0 Å². The highest BCUT2D eigenvalue weighted by atomic mass is 16.7. The maximum atomic E-state index is 8.48. The number of hydrogen-bond acceptors (Lipinski definition) is 7. The topological polar surface area (TPSA) is 131 Å². The van der Waals surface area contributed by atoms with Crippen molar-refractivity contribution in [1.82, 2.24) is 0 Å². The molecule has 0 rings (SSSR count). The van der Waals surface area contributed by atoms with E-state index in [0.717, 1.165) is 0 Å². The van der Waals surface area contributed by atoms with Crippen LogP contribution in [0.5, 0.6) is 0 Å². The van der Waals surface area contributed by atoms with E-state index >= 15 is 0 Å². The summed E-state index contributed by atoms with van der Waals surface area (Å²) in [7, 11) is 0. The summed E-state index contributed by atoms with van der Waals surface area (Å²) in [5, 5.41) is 50.9. The van der Waals surface area contributed by atoms with E-state index in [1.165, 1.54) is 0 Å². The Morgan fingerprint density at radius 1 is 0.667 bits per heavy atom. The molecule has 0 aromatic carbocycles. The maximum absolute atomic E-state index is 8.48. The van der Waals surface area contributed by atoms with Crippen LogP contribution in [-0.4, -0.2) is 55.8 Å². The Hall–Kier alpha value is -0.280. The predicted molar refractivity (Wildman–Crippen MR) is 48.1 cm³/mol. The third-order valence-electron chi connectivity index (χ3n) is 1.60. The Labute approximate surface area is 87.2 Å². The second-order valence-electron chi connectivity index (χ2n) is 3.37. The van der Waals surface area contributed by atoms with Gasteiger partial charge in [-0.15, -0.1) is 0 Å². The summed E-state index contributed by atoms with van der Waals surface area (Å²) in [5.74, 6) is -5.33. The van der Waals surface area contributed by atoms with Gasteiger partial charge in [0.15, 0.2) is 0 Å². The third kappa shape index (κ3) is 13.7. The maximum Gasteiger partial charge on any atom is 0.275 e. The summed E-state index contributed by atoms with van der Waals surface area (Å²) < 4.78 is 4.96. The molecule has 0 atom stereocenters. The zero-order valence-corrected chi connectivity index (χ0v) is 8.33. The van der Waals surface area contributed by atoms with Crippen LogP contribution in [0, 0.1) is 0 Å². The first-order chi connectivity index (χ1) is 6.71. The molecule has 0 aliphatic carbocycles. The summed E-state index contributed by atoms with van der Waals surface area (Å²) >= 11 is 0. The molecule has 7 heteroatoms. The predicted octanol–water partition coefficient (Wildman–Crippen LogP) is -2.18. The average molecular weight is 226 g/mol. The molecule has 0 radical (unpaired) electrons. The van der Waals surface area contributed by atoms with Gasteiger partial charge in [-0.05, 0) is 12.8 Å². The van der Waals surface area contributed by atoms with Crippen molar-refractivity contribution in [2.75, 3.05) is 13.2 Å². The van der Waals surface area contributed by atoms with Crippen molar-refractivity contribution in [3.8, 4) is 0 Å². The van der Waals surface area contributed by atoms with E-state index in [2.05, 4.69) is 0 Å². The van der Waals surface area contributed by atoms with Crippen LogP contribution < -0.4 is 0 Å². The first-order valence-corrected chi connectivity index (χ1v) is 4.63. The summed E-state index contributed by atoms with van der Waals surface area (Å²) in [6, 6.07) is 0. The molecule has 0 aromatic rings. The van der Waals surface area contributed by atoms with E-state index in [9.17, 15) is 0 Å². The van der Waals surface area contributed by atoms with Crippen LogP contribution >= 0.6 is 0 Å². The lowest BCUT2D eigenvalue weighted by atomic mass is 10.3. The van der Waals surface area contributed by atoms with Crippen LogP contribution in [0.1, 0.15) is 25.7 Å². The highest BCUT2D eigenvalue weighted by Crippen LogP contribution is 2.06. The number of hydrogen-bond donors (Lipinski definition) is 6. The molecule has 0 unspecified atom stereocenters. The van der Waals surface area contributed by atoms with Crippen molar-refractivity contribution in [3.63, 3.8) is 0 Å². The molecular formula is C8H18O7. The van der Waals surface area contributed by atoms with E-state index in [1.54, 1.807) is 0 Å². The second-order valence-corrected chi connectivity index (χ2v) is 3.37. The van der Waals surface area contributed by atoms with Gasteiger partial charge >= 0.3 is 0 Å². The van der Waals surface area contributed by atoms with Gasteiger partial charge in [0.1, 0.15) is 0 Å². The number of aliphatic hydroxyl groups is 6. The highest BCUT2D eigenvalue weighted by molar-refractivity contribution is 4.49. The van der Waals surface area contributed by atoms with Gasteiger partial charge < -0.3 is 35.4 Å². The van der Waals surface area contributed by atoms with Crippen LogP contribution in [-0.2, 0) is 4.74 Å². The lowest BCUT2D eigenvalue weighted by Crippen LogP contribution is -2.27. The van der Waals surface area contributed by atoms with Crippen LogP contribution in [0.2, 0.25) is 0 Å². The summed E-state index contributed by atoms with van der Waals surface area (Å²) in [5.41, 5.74) is 0. The molecule has 0 heterocycles. The molecule has 15 heavy (non-hydrogen) atoms. The van der Waals surface area contributed by atoms with Crippen molar-refractivity contribution >= 4 is 0 Å². The largest absolute Gasteiger partial charge is 0.381 e. The van der Waals surface area contributed by atoms with Crippen LogP contribution in [0.3, 0.4) is 0 Å². The van der Waals surface area contributed by atoms with E-state index in [4.69, 9.17) is 35.4 Å². The summed E-state index contributed by atoms with van der Waals surface area (Å²) in [6.45, 7) is 0.414. The molecule has 0 fully saturated rings. The first kappa shape index (κ1) is 14.7. The zero-order chi connectivity index (χ0) is 11.9. The molecule has 7 nitrogen and oxygen atoms in total.